The molecule has 2 fully saturated rings. The van der Waals surface area contributed by atoms with Crippen molar-refractivity contribution in [1.82, 2.24) is 10.9 Å². The van der Waals surface area contributed by atoms with Gasteiger partial charge in [0.2, 0.25) is 5.91 Å². The average molecular weight is 338 g/mol. The van der Waals surface area contributed by atoms with Crippen LogP contribution < -0.4 is 10.9 Å². The van der Waals surface area contributed by atoms with Crippen molar-refractivity contribution in [2.45, 2.75) is 38.9 Å². The smallest absolute Gasteiger partial charge is 0.310 e. The van der Waals surface area contributed by atoms with E-state index in [1.165, 1.54) is 11.3 Å². The van der Waals surface area contributed by atoms with Crippen LogP contribution in [0, 0.1) is 25.7 Å². The normalized spacial score (nSPS) is 28.6. The highest BCUT2D eigenvalue weighted by Gasteiger charge is 2.55. The molecule has 23 heavy (non-hydrogen) atoms. The summed E-state index contributed by atoms with van der Waals surface area (Å²) in [6.07, 6.45) is 0.530. The van der Waals surface area contributed by atoms with Crippen molar-refractivity contribution >= 4 is 29.1 Å². The summed E-state index contributed by atoms with van der Waals surface area (Å²) in [5, 5.41) is 11.0. The van der Waals surface area contributed by atoms with E-state index < -0.39 is 35.7 Å². The lowest BCUT2D eigenvalue weighted by atomic mass is 9.79. The molecule has 3 N–H and O–H groups in total. The van der Waals surface area contributed by atoms with Crippen molar-refractivity contribution in [3.8, 4) is 0 Å². The lowest BCUT2D eigenvalue weighted by Gasteiger charge is -2.23. The molecule has 3 heterocycles. The number of fused-ring (bicyclic) bond motifs is 2. The second-order valence-corrected chi connectivity index (χ2v) is 7.04. The van der Waals surface area contributed by atoms with Gasteiger partial charge in [-0.1, -0.05) is 0 Å². The molecule has 3 rings (SSSR count). The number of hydrogen-bond donors (Lipinski definition) is 3. The molecule has 2 bridgehead atoms. The van der Waals surface area contributed by atoms with Crippen LogP contribution in [0.25, 0.3) is 0 Å². The number of aliphatic carboxylic acids is 1. The highest BCUT2D eigenvalue weighted by atomic mass is 32.1. The van der Waals surface area contributed by atoms with E-state index in [1.54, 1.807) is 5.38 Å². The SMILES string of the molecule is Cc1scc(C(=O)NNC(=O)[C@@H]2[C@@H](C(=O)O)[C@H]3CC[C@@H]2O3)c1C. The summed E-state index contributed by atoms with van der Waals surface area (Å²) in [6, 6.07) is 0. The number of nitrogens with one attached hydrogen (secondary N) is 2. The first-order valence-corrected chi connectivity index (χ1v) is 8.31. The minimum Gasteiger partial charge on any atom is -0.481 e. The second kappa shape index (κ2) is 5.93. The van der Waals surface area contributed by atoms with Crippen LogP contribution in [-0.2, 0) is 14.3 Å². The Balaban J connectivity index is 1.64. The number of carbonyl (C=O) groups is 3. The van der Waals surface area contributed by atoms with Crippen molar-refractivity contribution in [2.75, 3.05) is 0 Å². The van der Waals surface area contributed by atoms with Crippen LogP contribution in [0.5, 0.6) is 0 Å². The number of aryl methyl sites for hydroxylation is 1. The Morgan fingerprint density at radius 3 is 2.39 bits per heavy atom. The molecule has 1 aromatic heterocycles. The summed E-state index contributed by atoms with van der Waals surface area (Å²) < 4.78 is 5.54. The summed E-state index contributed by atoms with van der Waals surface area (Å²) in [4.78, 5) is 36.8. The van der Waals surface area contributed by atoms with E-state index in [0.717, 1.165) is 10.4 Å². The lowest BCUT2D eigenvalue weighted by molar-refractivity contribution is -0.148. The van der Waals surface area contributed by atoms with Crippen molar-refractivity contribution in [3.05, 3.63) is 21.4 Å². The topological polar surface area (TPSA) is 105 Å². The maximum atomic E-state index is 12.3. The van der Waals surface area contributed by atoms with Crippen LogP contribution in [0.3, 0.4) is 0 Å². The molecule has 2 saturated heterocycles. The maximum Gasteiger partial charge on any atom is 0.310 e. The van der Waals surface area contributed by atoms with E-state index in [9.17, 15) is 19.5 Å². The minimum atomic E-state index is -1.03. The van der Waals surface area contributed by atoms with Gasteiger partial charge in [-0.15, -0.1) is 11.3 Å². The van der Waals surface area contributed by atoms with E-state index in [4.69, 9.17) is 4.74 Å². The van der Waals surface area contributed by atoms with Crippen molar-refractivity contribution < 1.29 is 24.2 Å². The Morgan fingerprint density at radius 2 is 1.83 bits per heavy atom. The van der Waals surface area contributed by atoms with Gasteiger partial charge in [0.15, 0.2) is 0 Å². The number of amides is 2. The summed E-state index contributed by atoms with van der Waals surface area (Å²) in [6.45, 7) is 3.76. The van der Waals surface area contributed by atoms with E-state index in [2.05, 4.69) is 10.9 Å². The van der Waals surface area contributed by atoms with Gasteiger partial charge in [-0.05, 0) is 32.3 Å². The van der Waals surface area contributed by atoms with Crippen molar-refractivity contribution in [3.63, 3.8) is 0 Å². The quantitative estimate of drug-likeness (QED) is 0.713. The number of carboxylic acid groups (broad SMARTS) is 1. The Labute approximate surface area is 137 Å². The summed E-state index contributed by atoms with van der Waals surface area (Å²) in [5.41, 5.74) is 6.10. The molecule has 2 amide bonds. The molecule has 0 aromatic carbocycles. The van der Waals surface area contributed by atoms with Gasteiger partial charge in [-0.2, -0.15) is 0 Å². The van der Waals surface area contributed by atoms with E-state index >= 15 is 0 Å². The number of thiophene rings is 1. The van der Waals surface area contributed by atoms with Gasteiger partial charge in [0, 0.05) is 10.3 Å². The molecule has 0 saturated carbocycles. The number of rotatable bonds is 3. The van der Waals surface area contributed by atoms with Crippen LogP contribution in [0.4, 0.5) is 0 Å². The van der Waals surface area contributed by atoms with E-state index in [-0.39, 0.29) is 6.10 Å². The van der Waals surface area contributed by atoms with Crippen molar-refractivity contribution in [1.29, 1.82) is 0 Å². The first-order valence-electron chi connectivity index (χ1n) is 7.43. The molecular weight excluding hydrogens is 320 g/mol. The molecule has 4 atom stereocenters. The number of carboxylic acids is 1. The van der Waals surface area contributed by atoms with Gasteiger partial charge in [0.25, 0.3) is 5.91 Å². The van der Waals surface area contributed by atoms with Gasteiger partial charge in [-0.3, -0.25) is 25.2 Å². The van der Waals surface area contributed by atoms with E-state index in [1.807, 2.05) is 13.8 Å². The Kier molecular flexibility index (Phi) is 4.11. The summed E-state index contributed by atoms with van der Waals surface area (Å²) >= 11 is 1.46. The number of carbonyl (C=O) groups excluding carboxylic acids is 2. The van der Waals surface area contributed by atoms with Crippen LogP contribution in [-0.4, -0.2) is 35.1 Å². The average Bonchev–Trinajstić information content (AvgIpc) is 3.20. The number of hydrogen-bond acceptors (Lipinski definition) is 5. The highest BCUT2D eigenvalue weighted by molar-refractivity contribution is 7.10. The molecular formula is C15H18N2O5S. The minimum absolute atomic E-state index is 0.386. The molecule has 124 valence electrons. The molecule has 8 heteroatoms. The van der Waals surface area contributed by atoms with Crippen molar-refractivity contribution in [2.24, 2.45) is 11.8 Å². The fourth-order valence-electron chi connectivity index (χ4n) is 3.33. The zero-order valence-electron chi connectivity index (χ0n) is 12.8. The molecule has 2 aliphatic rings. The van der Waals surface area contributed by atoms with Gasteiger partial charge in [0.05, 0.1) is 29.6 Å². The maximum absolute atomic E-state index is 12.3. The Bertz CT molecular complexity index is 671. The molecule has 7 nitrogen and oxygen atoms in total. The zero-order chi connectivity index (χ0) is 16.7. The van der Waals surface area contributed by atoms with Gasteiger partial charge >= 0.3 is 5.97 Å². The molecule has 2 aliphatic heterocycles. The lowest BCUT2D eigenvalue weighted by Crippen LogP contribution is -2.50. The third kappa shape index (κ3) is 2.72. The first-order chi connectivity index (χ1) is 10.9. The largest absolute Gasteiger partial charge is 0.481 e. The summed E-state index contributed by atoms with van der Waals surface area (Å²) in [7, 11) is 0. The van der Waals surface area contributed by atoms with Crippen LogP contribution >= 0.6 is 11.3 Å². The molecule has 1 aromatic rings. The third-order valence-corrected chi connectivity index (χ3v) is 5.70. The molecule has 0 radical (unpaired) electrons. The number of ether oxygens (including phenoxy) is 1. The first kappa shape index (κ1) is 15.9. The Hall–Kier alpha value is -1.93. The number of hydrazine groups is 1. The highest BCUT2D eigenvalue weighted by Crippen LogP contribution is 2.43. The predicted molar refractivity (Wildman–Crippen MR) is 81.9 cm³/mol. The van der Waals surface area contributed by atoms with Crippen LogP contribution in [0.2, 0.25) is 0 Å². The van der Waals surface area contributed by atoms with Crippen LogP contribution in [0.1, 0.15) is 33.6 Å². The van der Waals surface area contributed by atoms with E-state index in [0.29, 0.717) is 18.4 Å². The van der Waals surface area contributed by atoms with Gasteiger partial charge in [-0.25, -0.2) is 0 Å². The Morgan fingerprint density at radius 1 is 1.17 bits per heavy atom. The zero-order valence-corrected chi connectivity index (χ0v) is 13.6. The molecule has 0 spiro atoms. The van der Waals surface area contributed by atoms with Crippen LogP contribution in [0.15, 0.2) is 5.38 Å². The second-order valence-electron chi connectivity index (χ2n) is 5.95. The fraction of sp³-hybridized carbons (Fsp3) is 0.533. The monoisotopic (exact) mass is 338 g/mol. The summed E-state index contributed by atoms with van der Waals surface area (Å²) in [5.74, 6) is -3.57. The fourth-order valence-corrected chi connectivity index (χ4v) is 4.20. The predicted octanol–water partition coefficient (Wildman–Crippen LogP) is 1.00. The molecule has 0 unspecified atom stereocenters. The third-order valence-electron chi connectivity index (χ3n) is 4.69. The molecule has 0 aliphatic carbocycles. The van der Waals surface area contributed by atoms with Gasteiger partial charge in [0.1, 0.15) is 0 Å². The standard InChI is InChI=1S/C15H18N2O5S/c1-6-7(2)23-5-8(6)13(18)16-17-14(19)11-9-3-4-10(22-9)12(11)15(20)21/h5,9-12H,3-4H2,1-2H3,(H,16,18)(H,17,19)(H,20,21)/t9-,10+,11-,12-/m0/s1. The van der Waals surface area contributed by atoms with Gasteiger partial charge < -0.3 is 9.84 Å².